The van der Waals surface area contributed by atoms with E-state index >= 15 is 0 Å². The fraction of sp³-hybridized carbons (Fsp3) is 0.400. The van der Waals surface area contributed by atoms with Crippen LogP contribution in [0.5, 0.6) is 5.75 Å². The summed E-state index contributed by atoms with van der Waals surface area (Å²) < 4.78 is 10.7. The highest BCUT2D eigenvalue weighted by molar-refractivity contribution is 5.57. The summed E-state index contributed by atoms with van der Waals surface area (Å²) in [5.74, 6) is 0.913. The number of nitrogens with one attached hydrogen (secondary N) is 1. The maximum atomic E-state index is 5.68. The number of benzene rings is 1. The van der Waals surface area contributed by atoms with Gasteiger partial charge < -0.3 is 14.8 Å². The van der Waals surface area contributed by atoms with Crippen LogP contribution in [0.15, 0.2) is 24.3 Å². The number of hydrogen-bond donors (Lipinski definition) is 1. The molecule has 0 spiro atoms. The quantitative estimate of drug-likeness (QED) is 0.746. The lowest BCUT2D eigenvalue weighted by Crippen LogP contribution is -2.34. The van der Waals surface area contributed by atoms with Crippen molar-refractivity contribution in [2.45, 2.75) is 6.10 Å². The number of methoxy groups -OCH3 is 1. The monoisotopic (exact) mass is 179 g/mol. The molecule has 0 radical (unpaired) electrons. The average molecular weight is 179 g/mol. The second kappa shape index (κ2) is 3.66. The molecule has 0 unspecified atom stereocenters. The minimum Gasteiger partial charge on any atom is -0.484 e. The van der Waals surface area contributed by atoms with Gasteiger partial charge in [-0.15, -0.1) is 0 Å². The molecule has 3 heteroatoms. The first-order valence-corrected chi connectivity index (χ1v) is 4.38. The number of ether oxygens (including phenoxy) is 2. The molecule has 1 aromatic carbocycles. The molecule has 0 aliphatic carbocycles. The summed E-state index contributed by atoms with van der Waals surface area (Å²) in [6.07, 6.45) is 0.125. The number of anilines is 1. The molecule has 2 rings (SSSR count). The second-order valence-electron chi connectivity index (χ2n) is 3.07. The van der Waals surface area contributed by atoms with Crippen LogP contribution in [0.2, 0.25) is 0 Å². The summed E-state index contributed by atoms with van der Waals surface area (Å²) in [7, 11) is 1.68. The lowest BCUT2D eigenvalue weighted by Gasteiger charge is -2.26. The maximum Gasteiger partial charge on any atom is 0.143 e. The highest BCUT2D eigenvalue weighted by Gasteiger charge is 2.17. The third kappa shape index (κ3) is 1.75. The molecule has 1 aliphatic rings. The standard InChI is InChI=1S/C10H13NO2/c1-12-7-8-6-11-9-4-2-3-5-10(9)13-8/h2-5,8,11H,6-7H2,1H3/t8-/m0/s1. The topological polar surface area (TPSA) is 30.5 Å². The van der Waals surface area contributed by atoms with Gasteiger partial charge in [0.05, 0.1) is 18.8 Å². The van der Waals surface area contributed by atoms with Crippen LogP contribution in [0, 0.1) is 0 Å². The average Bonchev–Trinajstić information content (AvgIpc) is 2.18. The van der Waals surface area contributed by atoms with E-state index in [0.29, 0.717) is 6.61 Å². The fourth-order valence-corrected chi connectivity index (χ4v) is 1.44. The zero-order valence-corrected chi connectivity index (χ0v) is 7.62. The molecule has 0 saturated carbocycles. The van der Waals surface area contributed by atoms with Crippen molar-refractivity contribution >= 4 is 5.69 Å². The molecule has 1 atom stereocenters. The molecular weight excluding hydrogens is 166 g/mol. The van der Waals surface area contributed by atoms with Crippen molar-refractivity contribution in [3.8, 4) is 5.75 Å². The predicted octanol–water partition coefficient (Wildman–Crippen LogP) is 1.51. The first-order valence-electron chi connectivity index (χ1n) is 4.38. The molecule has 0 aromatic heterocycles. The minimum absolute atomic E-state index is 0.125. The first kappa shape index (κ1) is 8.38. The summed E-state index contributed by atoms with van der Waals surface area (Å²) >= 11 is 0. The van der Waals surface area contributed by atoms with Crippen molar-refractivity contribution in [2.75, 3.05) is 25.6 Å². The van der Waals surface area contributed by atoms with E-state index in [4.69, 9.17) is 9.47 Å². The van der Waals surface area contributed by atoms with Gasteiger partial charge in [-0.25, -0.2) is 0 Å². The summed E-state index contributed by atoms with van der Waals surface area (Å²) in [6.45, 7) is 1.44. The van der Waals surface area contributed by atoms with Gasteiger partial charge in [-0.05, 0) is 12.1 Å². The van der Waals surface area contributed by atoms with E-state index in [0.717, 1.165) is 18.0 Å². The molecule has 70 valence electrons. The van der Waals surface area contributed by atoms with Crippen molar-refractivity contribution in [1.29, 1.82) is 0 Å². The summed E-state index contributed by atoms with van der Waals surface area (Å²) in [5.41, 5.74) is 1.06. The number of hydrogen-bond acceptors (Lipinski definition) is 3. The van der Waals surface area contributed by atoms with Crippen molar-refractivity contribution in [3.63, 3.8) is 0 Å². The molecular formula is C10H13NO2. The Hall–Kier alpha value is -1.22. The van der Waals surface area contributed by atoms with Crippen LogP contribution in [-0.2, 0) is 4.74 Å². The summed E-state index contributed by atoms with van der Waals surface area (Å²) in [5, 5.41) is 3.29. The Kier molecular flexibility index (Phi) is 2.36. The van der Waals surface area contributed by atoms with Gasteiger partial charge in [0.25, 0.3) is 0 Å². The van der Waals surface area contributed by atoms with Gasteiger partial charge in [-0.1, -0.05) is 12.1 Å². The van der Waals surface area contributed by atoms with Crippen molar-refractivity contribution in [2.24, 2.45) is 0 Å². The Bertz CT molecular complexity index is 288. The SMILES string of the molecule is COC[C@@H]1CNc2ccccc2O1. The molecule has 0 saturated heterocycles. The van der Waals surface area contributed by atoms with E-state index in [1.54, 1.807) is 7.11 Å². The second-order valence-corrected chi connectivity index (χ2v) is 3.07. The van der Waals surface area contributed by atoms with E-state index in [1.807, 2.05) is 24.3 Å². The van der Waals surface area contributed by atoms with E-state index in [2.05, 4.69) is 5.32 Å². The highest BCUT2D eigenvalue weighted by atomic mass is 16.5. The summed E-state index contributed by atoms with van der Waals surface area (Å²) in [6, 6.07) is 7.93. The molecule has 3 nitrogen and oxygen atoms in total. The zero-order chi connectivity index (χ0) is 9.10. The van der Waals surface area contributed by atoms with Crippen LogP contribution in [-0.4, -0.2) is 26.4 Å². The van der Waals surface area contributed by atoms with Crippen LogP contribution in [0.1, 0.15) is 0 Å². The van der Waals surface area contributed by atoms with Crippen LogP contribution in [0.4, 0.5) is 5.69 Å². The third-order valence-electron chi connectivity index (χ3n) is 2.05. The van der Waals surface area contributed by atoms with Gasteiger partial charge in [-0.3, -0.25) is 0 Å². The van der Waals surface area contributed by atoms with Crippen molar-refractivity contribution < 1.29 is 9.47 Å². The number of rotatable bonds is 2. The molecule has 13 heavy (non-hydrogen) atoms. The predicted molar refractivity (Wildman–Crippen MR) is 51.2 cm³/mol. The van der Waals surface area contributed by atoms with Crippen molar-refractivity contribution in [3.05, 3.63) is 24.3 Å². The molecule has 1 N–H and O–H groups in total. The summed E-state index contributed by atoms with van der Waals surface area (Å²) in [4.78, 5) is 0. The smallest absolute Gasteiger partial charge is 0.143 e. The maximum absolute atomic E-state index is 5.68. The van der Waals surface area contributed by atoms with E-state index in [1.165, 1.54) is 0 Å². The Labute approximate surface area is 77.7 Å². The first-order chi connectivity index (χ1) is 6.40. The molecule has 1 heterocycles. The van der Waals surface area contributed by atoms with Crippen molar-refractivity contribution in [1.82, 2.24) is 0 Å². The minimum atomic E-state index is 0.125. The Morgan fingerprint density at radius 3 is 3.23 bits per heavy atom. The fourth-order valence-electron chi connectivity index (χ4n) is 1.44. The Morgan fingerprint density at radius 2 is 2.38 bits per heavy atom. The zero-order valence-electron chi connectivity index (χ0n) is 7.62. The molecule has 0 fully saturated rings. The van der Waals surface area contributed by atoms with E-state index in [-0.39, 0.29) is 6.10 Å². The van der Waals surface area contributed by atoms with Gasteiger partial charge >= 0.3 is 0 Å². The van der Waals surface area contributed by atoms with Gasteiger partial charge in [0.2, 0.25) is 0 Å². The van der Waals surface area contributed by atoms with Crippen LogP contribution < -0.4 is 10.1 Å². The lowest BCUT2D eigenvalue weighted by atomic mass is 10.2. The van der Waals surface area contributed by atoms with E-state index < -0.39 is 0 Å². The normalized spacial score (nSPS) is 19.9. The van der Waals surface area contributed by atoms with Gasteiger partial charge in [0.1, 0.15) is 11.9 Å². The molecule has 0 bridgehead atoms. The lowest BCUT2D eigenvalue weighted by molar-refractivity contribution is 0.0848. The highest BCUT2D eigenvalue weighted by Crippen LogP contribution is 2.27. The number of para-hydroxylation sites is 2. The molecule has 1 aliphatic heterocycles. The van der Waals surface area contributed by atoms with Crippen LogP contribution in [0.25, 0.3) is 0 Å². The van der Waals surface area contributed by atoms with Gasteiger partial charge in [0, 0.05) is 7.11 Å². The van der Waals surface area contributed by atoms with Gasteiger partial charge in [-0.2, -0.15) is 0 Å². The van der Waals surface area contributed by atoms with Crippen LogP contribution >= 0.6 is 0 Å². The molecule has 0 amide bonds. The number of fused-ring (bicyclic) bond motifs is 1. The van der Waals surface area contributed by atoms with Gasteiger partial charge in [0.15, 0.2) is 0 Å². The Balaban J connectivity index is 2.11. The third-order valence-corrected chi connectivity index (χ3v) is 2.05. The van der Waals surface area contributed by atoms with E-state index in [9.17, 15) is 0 Å². The van der Waals surface area contributed by atoms with Crippen LogP contribution in [0.3, 0.4) is 0 Å². The Morgan fingerprint density at radius 1 is 1.54 bits per heavy atom. The molecule has 1 aromatic rings. The largest absolute Gasteiger partial charge is 0.484 e.